The minimum absolute atomic E-state index is 0.0601. The van der Waals surface area contributed by atoms with Gasteiger partial charge in [0, 0.05) is 23.6 Å². The summed E-state index contributed by atoms with van der Waals surface area (Å²) in [5.74, 6) is 2.50. The molecule has 0 bridgehead atoms. The summed E-state index contributed by atoms with van der Waals surface area (Å²) in [5, 5.41) is 2.93. The molecule has 0 saturated carbocycles. The number of nitrogens with one attached hydrogen (secondary N) is 1. The van der Waals surface area contributed by atoms with Gasteiger partial charge in [0.25, 0.3) is 5.91 Å². The minimum Gasteiger partial charge on any atom is -0.497 e. The summed E-state index contributed by atoms with van der Waals surface area (Å²) in [6, 6.07) is 15.7. The number of amides is 1. The van der Waals surface area contributed by atoms with Crippen molar-refractivity contribution in [3.8, 4) is 5.75 Å². The lowest BCUT2D eigenvalue weighted by molar-refractivity contribution is 0.0956. The number of benzene rings is 2. The molecule has 0 heterocycles. The van der Waals surface area contributed by atoms with Crippen molar-refractivity contribution in [2.24, 2.45) is 0 Å². The van der Waals surface area contributed by atoms with Gasteiger partial charge in [-0.25, -0.2) is 0 Å². The fourth-order valence-electron chi connectivity index (χ4n) is 2.10. The highest BCUT2D eigenvalue weighted by atomic mass is 32.2. The largest absolute Gasteiger partial charge is 0.497 e. The molecule has 0 aliphatic heterocycles. The van der Waals surface area contributed by atoms with E-state index in [4.69, 9.17) is 4.74 Å². The van der Waals surface area contributed by atoms with E-state index in [0.717, 1.165) is 11.5 Å². The third kappa shape index (κ3) is 5.11. The first-order chi connectivity index (χ1) is 10.7. The number of hydrogen-bond acceptors (Lipinski definition) is 3. The maximum absolute atomic E-state index is 12.0. The van der Waals surface area contributed by atoms with Gasteiger partial charge in [-0.3, -0.25) is 4.79 Å². The molecule has 0 atom stereocenters. The third-order valence-electron chi connectivity index (χ3n) is 3.22. The highest BCUT2D eigenvalue weighted by molar-refractivity contribution is 7.98. The Morgan fingerprint density at radius 1 is 1.18 bits per heavy atom. The van der Waals surface area contributed by atoms with Crippen LogP contribution in [0.5, 0.6) is 5.75 Å². The smallest absolute Gasteiger partial charge is 0.251 e. The van der Waals surface area contributed by atoms with Crippen LogP contribution in [0.1, 0.15) is 21.5 Å². The number of carbonyl (C=O) groups excluding carboxylic acids is 1. The second kappa shape index (κ2) is 8.49. The molecular weight excluding hydrogens is 294 g/mol. The first-order valence-corrected chi connectivity index (χ1v) is 8.40. The minimum atomic E-state index is -0.0601. The summed E-state index contributed by atoms with van der Waals surface area (Å²) in [7, 11) is 1.60. The Morgan fingerprint density at radius 2 is 2.00 bits per heavy atom. The molecule has 0 aromatic heterocycles. The van der Waals surface area contributed by atoms with Crippen LogP contribution in [0.15, 0.2) is 48.5 Å². The van der Waals surface area contributed by atoms with Crippen molar-refractivity contribution in [2.45, 2.75) is 12.7 Å². The normalized spacial score (nSPS) is 10.3. The Bertz CT molecular complexity index is 628. The van der Waals surface area contributed by atoms with E-state index in [1.54, 1.807) is 19.2 Å². The summed E-state index contributed by atoms with van der Waals surface area (Å²) in [6.07, 6.45) is 0. The van der Waals surface area contributed by atoms with Crippen molar-refractivity contribution in [1.29, 1.82) is 0 Å². The Hall–Kier alpha value is -1.94. The van der Waals surface area contributed by atoms with Crippen molar-refractivity contribution in [3.05, 3.63) is 65.2 Å². The summed E-state index contributed by atoms with van der Waals surface area (Å²) in [5.41, 5.74) is 3.23. The molecule has 0 aliphatic rings. The Morgan fingerprint density at radius 3 is 2.77 bits per heavy atom. The van der Waals surface area contributed by atoms with E-state index in [-0.39, 0.29) is 5.91 Å². The number of aryl methyl sites for hydroxylation is 1. The highest BCUT2D eigenvalue weighted by Gasteiger charge is 2.05. The molecule has 2 aromatic rings. The molecule has 0 radical (unpaired) electrons. The van der Waals surface area contributed by atoms with Gasteiger partial charge in [0.1, 0.15) is 5.75 Å². The molecule has 0 fully saturated rings. The van der Waals surface area contributed by atoms with Gasteiger partial charge in [0.2, 0.25) is 0 Å². The molecule has 116 valence electrons. The van der Waals surface area contributed by atoms with Crippen molar-refractivity contribution in [3.63, 3.8) is 0 Å². The SMILES string of the molecule is COc1cccc(C(=O)NCCSCc2cccc(C)c2)c1. The zero-order valence-electron chi connectivity index (χ0n) is 13.0. The van der Waals surface area contributed by atoms with E-state index in [0.29, 0.717) is 17.9 Å². The van der Waals surface area contributed by atoms with E-state index in [9.17, 15) is 4.79 Å². The lowest BCUT2D eigenvalue weighted by Gasteiger charge is -2.07. The molecule has 4 heteroatoms. The predicted octanol–water partition coefficient (Wildman–Crippen LogP) is 3.67. The van der Waals surface area contributed by atoms with Gasteiger partial charge < -0.3 is 10.1 Å². The van der Waals surface area contributed by atoms with Crippen LogP contribution in [-0.4, -0.2) is 25.3 Å². The Labute approximate surface area is 136 Å². The van der Waals surface area contributed by atoms with Gasteiger partial charge in [-0.15, -0.1) is 0 Å². The zero-order valence-corrected chi connectivity index (χ0v) is 13.8. The molecule has 1 N–H and O–H groups in total. The van der Waals surface area contributed by atoms with Crippen LogP contribution in [0.25, 0.3) is 0 Å². The molecule has 0 spiro atoms. The van der Waals surface area contributed by atoms with Gasteiger partial charge in [-0.1, -0.05) is 35.9 Å². The lowest BCUT2D eigenvalue weighted by Crippen LogP contribution is -2.25. The topological polar surface area (TPSA) is 38.3 Å². The quantitative estimate of drug-likeness (QED) is 0.792. The fraction of sp³-hybridized carbons (Fsp3) is 0.278. The predicted molar refractivity (Wildman–Crippen MR) is 92.7 cm³/mol. The summed E-state index contributed by atoms with van der Waals surface area (Å²) in [6.45, 7) is 2.76. The van der Waals surface area contributed by atoms with Gasteiger partial charge in [-0.2, -0.15) is 11.8 Å². The van der Waals surface area contributed by atoms with Gasteiger partial charge >= 0.3 is 0 Å². The van der Waals surface area contributed by atoms with Crippen LogP contribution in [-0.2, 0) is 5.75 Å². The van der Waals surface area contributed by atoms with E-state index in [2.05, 4.69) is 36.5 Å². The molecular formula is C18H21NO2S. The van der Waals surface area contributed by atoms with Crippen molar-refractivity contribution in [1.82, 2.24) is 5.32 Å². The van der Waals surface area contributed by atoms with Crippen LogP contribution >= 0.6 is 11.8 Å². The number of rotatable bonds is 7. The maximum atomic E-state index is 12.0. The average molecular weight is 315 g/mol. The highest BCUT2D eigenvalue weighted by Crippen LogP contribution is 2.14. The molecule has 3 nitrogen and oxygen atoms in total. The van der Waals surface area contributed by atoms with Crippen LogP contribution in [0, 0.1) is 6.92 Å². The maximum Gasteiger partial charge on any atom is 0.251 e. The average Bonchev–Trinajstić information content (AvgIpc) is 2.54. The Balaban J connectivity index is 1.71. The molecule has 0 unspecified atom stereocenters. The van der Waals surface area contributed by atoms with E-state index in [1.165, 1.54) is 11.1 Å². The van der Waals surface area contributed by atoms with Gasteiger partial charge in [-0.05, 0) is 30.7 Å². The third-order valence-corrected chi connectivity index (χ3v) is 4.25. The van der Waals surface area contributed by atoms with E-state index < -0.39 is 0 Å². The van der Waals surface area contributed by atoms with Crippen LogP contribution in [0.3, 0.4) is 0 Å². The molecule has 2 aromatic carbocycles. The molecule has 2 rings (SSSR count). The summed E-state index contributed by atoms with van der Waals surface area (Å²) < 4.78 is 5.12. The van der Waals surface area contributed by atoms with Gasteiger partial charge in [0.05, 0.1) is 7.11 Å². The van der Waals surface area contributed by atoms with Crippen LogP contribution in [0.2, 0.25) is 0 Å². The van der Waals surface area contributed by atoms with E-state index >= 15 is 0 Å². The number of ether oxygens (including phenoxy) is 1. The van der Waals surface area contributed by atoms with Gasteiger partial charge in [0.15, 0.2) is 0 Å². The number of carbonyl (C=O) groups is 1. The molecule has 0 saturated heterocycles. The molecule has 22 heavy (non-hydrogen) atoms. The lowest BCUT2D eigenvalue weighted by atomic mass is 10.2. The zero-order chi connectivity index (χ0) is 15.8. The number of thioether (sulfide) groups is 1. The first kappa shape index (κ1) is 16.4. The van der Waals surface area contributed by atoms with Crippen molar-refractivity contribution in [2.75, 3.05) is 19.4 Å². The van der Waals surface area contributed by atoms with Crippen molar-refractivity contribution < 1.29 is 9.53 Å². The van der Waals surface area contributed by atoms with E-state index in [1.807, 2.05) is 23.9 Å². The van der Waals surface area contributed by atoms with Crippen LogP contribution < -0.4 is 10.1 Å². The summed E-state index contributed by atoms with van der Waals surface area (Å²) >= 11 is 1.82. The molecule has 0 aliphatic carbocycles. The summed E-state index contributed by atoms with van der Waals surface area (Å²) in [4.78, 5) is 12.0. The first-order valence-electron chi connectivity index (χ1n) is 7.24. The van der Waals surface area contributed by atoms with Crippen molar-refractivity contribution >= 4 is 17.7 Å². The van der Waals surface area contributed by atoms with Crippen LogP contribution in [0.4, 0.5) is 0 Å². The Kier molecular flexibility index (Phi) is 6.34. The monoisotopic (exact) mass is 315 g/mol. The second-order valence-corrected chi connectivity index (χ2v) is 6.13. The second-order valence-electron chi connectivity index (χ2n) is 5.03. The number of methoxy groups -OCH3 is 1. The molecule has 1 amide bonds. The number of hydrogen-bond donors (Lipinski definition) is 1. The standard InChI is InChI=1S/C18H21NO2S/c1-14-5-3-6-15(11-14)13-22-10-9-19-18(20)16-7-4-8-17(12-16)21-2/h3-8,11-12H,9-10,13H2,1-2H3,(H,19,20). The fourth-order valence-corrected chi connectivity index (χ4v) is 2.90.